The first-order chi connectivity index (χ1) is 13.4. The predicted octanol–water partition coefficient (Wildman–Crippen LogP) is 3.86. The number of ether oxygens (including phenoxy) is 1. The van der Waals surface area contributed by atoms with Crippen molar-refractivity contribution in [3.63, 3.8) is 0 Å². The first-order valence-electron chi connectivity index (χ1n) is 9.80. The van der Waals surface area contributed by atoms with E-state index in [0.29, 0.717) is 31.0 Å². The van der Waals surface area contributed by atoms with E-state index in [2.05, 4.69) is 12.2 Å². The minimum absolute atomic E-state index is 0.179. The Morgan fingerprint density at radius 1 is 1.25 bits per heavy atom. The average Bonchev–Trinajstić information content (AvgIpc) is 3.30. The Morgan fingerprint density at radius 2 is 1.96 bits per heavy atom. The molecule has 0 saturated carbocycles. The van der Waals surface area contributed by atoms with Gasteiger partial charge in [0.2, 0.25) is 9.84 Å². The molecule has 2 heterocycles. The van der Waals surface area contributed by atoms with Crippen molar-refractivity contribution < 1.29 is 17.9 Å². The highest BCUT2D eigenvalue weighted by atomic mass is 32.2. The monoisotopic (exact) mass is 404 g/mol. The molecule has 1 N–H and O–H groups in total. The lowest BCUT2D eigenvalue weighted by atomic mass is 10.2. The first-order valence-corrected chi connectivity index (χ1v) is 11.3. The number of hydrogen-bond donors (Lipinski definition) is 1. The second kappa shape index (κ2) is 8.49. The molecule has 2 aromatic rings. The number of nitrogens with one attached hydrogen (secondary N) is 1. The molecule has 1 fully saturated rings. The normalized spacial score (nSPS) is 17.0. The third-order valence-corrected chi connectivity index (χ3v) is 7.22. The summed E-state index contributed by atoms with van der Waals surface area (Å²) in [6.45, 7) is 6.99. The van der Waals surface area contributed by atoms with E-state index in [1.54, 1.807) is 37.3 Å². The molecule has 7 heteroatoms. The molecule has 1 amide bonds. The number of carbonyl (C=O) groups is 1. The van der Waals surface area contributed by atoms with Gasteiger partial charge in [-0.15, -0.1) is 0 Å². The molecule has 0 spiro atoms. The van der Waals surface area contributed by atoms with Crippen LogP contribution in [0.3, 0.4) is 0 Å². The molecule has 1 aliphatic heterocycles. The fourth-order valence-corrected chi connectivity index (χ4v) is 5.30. The zero-order chi connectivity index (χ0) is 20.3. The summed E-state index contributed by atoms with van der Waals surface area (Å²) in [6, 6.07) is 8.35. The summed E-state index contributed by atoms with van der Waals surface area (Å²) in [5, 5.41) is 2.89. The molecule has 6 nitrogen and oxygen atoms in total. The van der Waals surface area contributed by atoms with Crippen molar-refractivity contribution in [1.82, 2.24) is 4.57 Å². The van der Waals surface area contributed by atoms with Crippen molar-refractivity contribution in [3.05, 3.63) is 41.6 Å². The smallest absolute Gasteiger partial charge is 0.254 e. The molecule has 1 atom stereocenters. The average molecular weight is 405 g/mol. The summed E-state index contributed by atoms with van der Waals surface area (Å²) in [6.07, 6.45) is 2.82. The molecule has 0 unspecified atom stereocenters. The molecule has 152 valence electrons. The van der Waals surface area contributed by atoms with Crippen LogP contribution in [-0.4, -0.2) is 31.6 Å². The molecule has 3 rings (SSSR count). The number of benzene rings is 1. The summed E-state index contributed by atoms with van der Waals surface area (Å²) in [7, 11) is -3.77. The van der Waals surface area contributed by atoms with Crippen molar-refractivity contribution in [1.29, 1.82) is 0 Å². The van der Waals surface area contributed by atoms with Gasteiger partial charge in [-0.05, 0) is 50.8 Å². The predicted molar refractivity (Wildman–Crippen MR) is 108 cm³/mol. The van der Waals surface area contributed by atoms with Crippen LogP contribution in [0.25, 0.3) is 0 Å². The van der Waals surface area contributed by atoms with Gasteiger partial charge in [0.15, 0.2) is 0 Å². The van der Waals surface area contributed by atoms with Gasteiger partial charge >= 0.3 is 0 Å². The summed E-state index contributed by atoms with van der Waals surface area (Å²) in [4.78, 5) is 13.1. The largest absolute Gasteiger partial charge is 0.368 e. The van der Waals surface area contributed by atoms with Crippen molar-refractivity contribution in [2.45, 2.75) is 68.9 Å². The third kappa shape index (κ3) is 3.86. The molecular weight excluding hydrogens is 376 g/mol. The summed E-state index contributed by atoms with van der Waals surface area (Å²) < 4.78 is 34.2. The maximum atomic E-state index is 13.4. The lowest BCUT2D eigenvalue weighted by Gasteiger charge is -2.16. The number of anilines is 1. The second-order valence-electron chi connectivity index (χ2n) is 7.20. The Bertz CT molecular complexity index is 943. The maximum absolute atomic E-state index is 13.4. The second-order valence-corrected chi connectivity index (χ2v) is 9.09. The number of unbranched alkanes of at least 4 members (excludes halogenated alkanes) is 1. The van der Waals surface area contributed by atoms with Crippen molar-refractivity contribution in [3.8, 4) is 0 Å². The standard InChI is InChI=1S/C21H28N2O4S/c1-4-5-13-23-16(3)15(2)19(28(25,26)17-10-7-6-8-11-17)20(23)22-21(24)18-12-9-14-27-18/h6-8,10-11,18H,4-5,9,12-14H2,1-3H3,(H,22,24)/t18-/m1/s1. The molecule has 0 radical (unpaired) electrons. The number of nitrogens with zero attached hydrogens (tertiary/aromatic N) is 1. The summed E-state index contributed by atoms with van der Waals surface area (Å²) >= 11 is 0. The molecule has 1 aliphatic rings. The number of aromatic nitrogens is 1. The van der Waals surface area contributed by atoms with Crippen LogP contribution >= 0.6 is 0 Å². The zero-order valence-corrected chi connectivity index (χ0v) is 17.5. The van der Waals surface area contributed by atoms with Gasteiger partial charge in [-0.1, -0.05) is 31.5 Å². The fourth-order valence-electron chi connectivity index (χ4n) is 3.58. The van der Waals surface area contributed by atoms with Gasteiger partial charge in [0.05, 0.1) is 4.90 Å². The minimum Gasteiger partial charge on any atom is -0.368 e. The number of hydrogen-bond acceptors (Lipinski definition) is 4. The van der Waals surface area contributed by atoms with E-state index in [0.717, 1.165) is 25.0 Å². The summed E-state index contributed by atoms with van der Waals surface area (Å²) in [5.41, 5.74) is 1.52. The third-order valence-electron chi connectivity index (χ3n) is 5.29. The van der Waals surface area contributed by atoms with Crippen molar-refractivity contribution in [2.24, 2.45) is 0 Å². The Labute approximate surface area is 166 Å². The zero-order valence-electron chi connectivity index (χ0n) is 16.7. The van der Waals surface area contributed by atoms with Gasteiger partial charge in [0, 0.05) is 18.8 Å². The van der Waals surface area contributed by atoms with Gasteiger partial charge in [0.25, 0.3) is 5.91 Å². The van der Waals surface area contributed by atoms with E-state index >= 15 is 0 Å². The van der Waals surface area contributed by atoms with Gasteiger partial charge in [-0.3, -0.25) is 4.79 Å². The molecule has 28 heavy (non-hydrogen) atoms. The highest BCUT2D eigenvalue weighted by Crippen LogP contribution is 2.36. The topological polar surface area (TPSA) is 77.4 Å². The number of rotatable bonds is 7. The quantitative estimate of drug-likeness (QED) is 0.760. The van der Waals surface area contributed by atoms with Gasteiger partial charge in [0.1, 0.15) is 16.8 Å². The molecule has 0 bridgehead atoms. The van der Waals surface area contributed by atoms with Crippen LogP contribution < -0.4 is 5.32 Å². The first kappa shape index (κ1) is 20.6. The van der Waals surface area contributed by atoms with Gasteiger partial charge in [-0.2, -0.15) is 0 Å². The molecule has 1 aromatic heterocycles. The van der Waals surface area contributed by atoms with E-state index in [1.807, 2.05) is 11.5 Å². The Kier molecular flexibility index (Phi) is 6.25. The van der Waals surface area contributed by atoms with Gasteiger partial charge < -0.3 is 14.6 Å². The van der Waals surface area contributed by atoms with Crippen LogP contribution in [0.15, 0.2) is 40.1 Å². The lowest BCUT2D eigenvalue weighted by molar-refractivity contribution is -0.124. The minimum atomic E-state index is -3.77. The Hall–Kier alpha value is -2.12. The Morgan fingerprint density at radius 3 is 2.57 bits per heavy atom. The number of amides is 1. The number of sulfone groups is 1. The van der Waals surface area contributed by atoms with Crippen LogP contribution in [0.1, 0.15) is 43.9 Å². The maximum Gasteiger partial charge on any atom is 0.254 e. The lowest BCUT2D eigenvalue weighted by Crippen LogP contribution is -2.29. The SMILES string of the molecule is CCCCn1c(C)c(C)c(S(=O)(=O)c2ccccc2)c1NC(=O)[C@H]1CCCO1. The van der Waals surface area contributed by atoms with E-state index < -0.39 is 15.9 Å². The van der Waals surface area contributed by atoms with Crippen LogP contribution in [0, 0.1) is 13.8 Å². The van der Waals surface area contributed by atoms with Crippen LogP contribution in [0.2, 0.25) is 0 Å². The van der Waals surface area contributed by atoms with E-state index in [9.17, 15) is 13.2 Å². The van der Waals surface area contributed by atoms with Crippen LogP contribution in [0.4, 0.5) is 5.82 Å². The fraction of sp³-hybridized carbons (Fsp3) is 0.476. The highest BCUT2D eigenvalue weighted by molar-refractivity contribution is 7.91. The molecular formula is C21H28N2O4S. The molecule has 1 aromatic carbocycles. The Balaban J connectivity index is 2.11. The van der Waals surface area contributed by atoms with Crippen LogP contribution in [-0.2, 0) is 25.9 Å². The molecule has 0 aliphatic carbocycles. The van der Waals surface area contributed by atoms with Crippen LogP contribution in [0.5, 0.6) is 0 Å². The summed E-state index contributed by atoms with van der Waals surface area (Å²) in [5.74, 6) is 0.0741. The van der Waals surface area contributed by atoms with E-state index in [4.69, 9.17) is 4.74 Å². The van der Waals surface area contributed by atoms with Crippen molar-refractivity contribution in [2.75, 3.05) is 11.9 Å². The van der Waals surface area contributed by atoms with E-state index in [-0.39, 0.29) is 15.7 Å². The van der Waals surface area contributed by atoms with E-state index in [1.165, 1.54) is 0 Å². The van der Waals surface area contributed by atoms with Crippen molar-refractivity contribution >= 4 is 21.6 Å². The highest BCUT2D eigenvalue weighted by Gasteiger charge is 2.32. The molecule has 1 saturated heterocycles. The number of carbonyl (C=O) groups excluding carboxylic acids is 1. The van der Waals surface area contributed by atoms with Gasteiger partial charge in [-0.25, -0.2) is 8.42 Å².